The minimum Gasteiger partial charge on any atom is -0.440 e. The summed E-state index contributed by atoms with van der Waals surface area (Å²) in [6.45, 7) is 4.09. The van der Waals surface area contributed by atoms with Crippen LogP contribution in [0.15, 0.2) is 71.1 Å². The molecule has 1 amide bonds. The monoisotopic (exact) mass is 370 g/mol. The van der Waals surface area contributed by atoms with Gasteiger partial charge in [0.2, 0.25) is 0 Å². The molecule has 4 aromatic rings. The van der Waals surface area contributed by atoms with E-state index in [0.29, 0.717) is 23.5 Å². The third-order valence-electron chi connectivity index (χ3n) is 4.87. The minimum absolute atomic E-state index is 0.146. The highest BCUT2D eigenvalue weighted by molar-refractivity contribution is 6.06. The Morgan fingerprint density at radius 1 is 1.04 bits per heavy atom. The molecule has 1 N–H and O–H groups in total. The number of oxazole rings is 1. The number of anilines is 1. The van der Waals surface area contributed by atoms with Crippen molar-refractivity contribution in [2.24, 2.45) is 0 Å². The van der Waals surface area contributed by atoms with E-state index >= 15 is 0 Å². The summed E-state index contributed by atoms with van der Waals surface area (Å²) < 4.78 is 5.89. The summed E-state index contributed by atoms with van der Waals surface area (Å²) in [6, 6.07) is 21.5. The van der Waals surface area contributed by atoms with E-state index in [2.05, 4.69) is 17.2 Å². The molecular formula is C24H22N2O2. The van der Waals surface area contributed by atoms with Crippen molar-refractivity contribution in [1.29, 1.82) is 0 Å². The molecule has 0 fully saturated rings. The van der Waals surface area contributed by atoms with Crippen LogP contribution in [-0.4, -0.2) is 10.9 Å². The van der Waals surface area contributed by atoms with Gasteiger partial charge in [-0.25, -0.2) is 4.98 Å². The molecule has 0 radical (unpaired) electrons. The topological polar surface area (TPSA) is 55.1 Å². The molecule has 0 unspecified atom stereocenters. The van der Waals surface area contributed by atoms with Crippen LogP contribution < -0.4 is 5.32 Å². The van der Waals surface area contributed by atoms with E-state index in [1.54, 1.807) is 12.1 Å². The second-order valence-electron chi connectivity index (χ2n) is 6.87. The molecule has 1 heterocycles. The van der Waals surface area contributed by atoms with Crippen molar-refractivity contribution in [1.82, 2.24) is 4.98 Å². The molecule has 0 saturated heterocycles. The van der Waals surface area contributed by atoms with E-state index in [-0.39, 0.29) is 5.91 Å². The van der Waals surface area contributed by atoms with Crippen molar-refractivity contribution in [2.75, 3.05) is 5.32 Å². The van der Waals surface area contributed by atoms with E-state index in [1.807, 2.05) is 61.5 Å². The maximum absolute atomic E-state index is 12.8. The zero-order chi connectivity index (χ0) is 19.5. The summed E-state index contributed by atoms with van der Waals surface area (Å²) in [5.74, 6) is 0.498. The number of rotatable bonds is 5. The molecule has 3 aromatic carbocycles. The third kappa shape index (κ3) is 3.67. The fraction of sp³-hybridized carbons (Fsp3) is 0.167. The van der Waals surface area contributed by atoms with E-state index < -0.39 is 0 Å². The molecule has 0 bridgehead atoms. The summed E-state index contributed by atoms with van der Waals surface area (Å²) in [7, 11) is 0. The maximum Gasteiger partial charge on any atom is 0.255 e. The summed E-state index contributed by atoms with van der Waals surface area (Å²) in [6.07, 6.45) is 1.49. The summed E-state index contributed by atoms with van der Waals surface area (Å²) in [5, 5.41) is 3.06. The molecule has 140 valence electrons. The first-order valence-corrected chi connectivity index (χ1v) is 9.47. The largest absolute Gasteiger partial charge is 0.440 e. The maximum atomic E-state index is 12.8. The second kappa shape index (κ2) is 7.69. The van der Waals surface area contributed by atoms with Gasteiger partial charge in [-0.1, -0.05) is 55.5 Å². The zero-order valence-electron chi connectivity index (χ0n) is 16.0. The van der Waals surface area contributed by atoms with Crippen LogP contribution in [0.1, 0.15) is 39.9 Å². The predicted octanol–water partition coefficient (Wildman–Crippen LogP) is 5.54. The van der Waals surface area contributed by atoms with E-state index in [0.717, 1.165) is 34.3 Å². The molecule has 0 aliphatic rings. The van der Waals surface area contributed by atoms with Crippen LogP contribution in [0.25, 0.3) is 11.1 Å². The molecular weight excluding hydrogens is 348 g/mol. The molecule has 0 spiro atoms. The lowest BCUT2D eigenvalue weighted by atomic mass is 10.1. The van der Waals surface area contributed by atoms with Crippen molar-refractivity contribution in [2.45, 2.75) is 26.7 Å². The highest BCUT2D eigenvalue weighted by Crippen LogP contribution is 2.24. The van der Waals surface area contributed by atoms with Gasteiger partial charge in [-0.3, -0.25) is 4.79 Å². The lowest BCUT2D eigenvalue weighted by molar-refractivity contribution is 0.102. The number of hydrogen-bond acceptors (Lipinski definition) is 3. The Hall–Kier alpha value is -3.40. The van der Waals surface area contributed by atoms with Crippen LogP contribution in [0.4, 0.5) is 5.69 Å². The van der Waals surface area contributed by atoms with Crippen LogP contribution in [0, 0.1) is 6.92 Å². The molecule has 4 nitrogen and oxygen atoms in total. The summed E-state index contributed by atoms with van der Waals surface area (Å²) in [4.78, 5) is 17.3. The number of para-hydroxylation sites is 1. The quantitative estimate of drug-likeness (QED) is 0.502. The van der Waals surface area contributed by atoms with Crippen LogP contribution in [0.5, 0.6) is 0 Å². The van der Waals surface area contributed by atoms with Crippen LogP contribution >= 0.6 is 0 Å². The van der Waals surface area contributed by atoms with Gasteiger partial charge >= 0.3 is 0 Å². The Morgan fingerprint density at radius 2 is 1.86 bits per heavy atom. The molecule has 0 atom stereocenters. The van der Waals surface area contributed by atoms with Crippen LogP contribution in [-0.2, 0) is 12.8 Å². The lowest BCUT2D eigenvalue weighted by Gasteiger charge is -2.12. The van der Waals surface area contributed by atoms with Gasteiger partial charge in [-0.15, -0.1) is 0 Å². The number of aryl methyl sites for hydroxylation is 2. The molecule has 0 aliphatic heterocycles. The molecule has 4 heteroatoms. The number of fused-ring (bicyclic) bond motifs is 1. The molecule has 28 heavy (non-hydrogen) atoms. The van der Waals surface area contributed by atoms with Crippen LogP contribution in [0.2, 0.25) is 0 Å². The van der Waals surface area contributed by atoms with E-state index in [1.165, 1.54) is 0 Å². The van der Waals surface area contributed by atoms with Crippen molar-refractivity contribution in [3.63, 3.8) is 0 Å². The molecule has 0 aliphatic carbocycles. The lowest BCUT2D eigenvalue weighted by Crippen LogP contribution is -2.14. The number of nitrogens with zero attached hydrogens (tertiary/aromatic N) is 1. The second-order valence-corrected chi connectivity index (χ2v) is 6.87. The molecule has 0 saturated carbocycles. The van der Waals surface area contributed by atoms with E-state index in [4.69, 9.17) is 4.42 Å². The average molecular weight is 370 g/mol. The Morgan fingerprint density at radius 3 is 2.64 bits per heavy atom. The SMILES string of the molecule is CCc1cccc(C)c1NC(=O)c1ccc2nc(Cc3ccccc3)oc2c1. The third-order valence-corrected chi connectivity index (χ3v) is 4.87. The molecule has 4 rings (SSSR count). The summed E-state index contributed by atoms with van der Waals surface area (Å²) in [5.41, 5.74) is 6.14. The normalized spacial score (nSPS) is 10.9. The van der Waals surface area contributed by atoms with Gasteiger partial charge in [0.05, 0.1) is 0 Å². The molecule has 1 aromatic heterocycles. The van der Waals surface area contributed by atoms with Gasteiger partial charge in [0.25, 0.3) is 5.91 Å². The number of aromatic nitrogens is 1. The van der Waals surface area contributed by atoms with E-state index in [9.17, 15) is 4.79 Å². The highest BCUT2D eigenvalue weighted by atomic mass is 16.3. The average Bonchev–Trinajstić information content (AvgIpc) is 3.11. The Bertz CT molecular complexity index is 1130. The van der Waals surface area contributed by atoms with Crippen molar-refractivity contribution < 1.29 is 9.21 Å². The Labute approximate surface area is 164 Å². The van der Waals surface area contributed by atoms with Gasteiger partial charge in [0, 0.05) is 17.7 Å². The highest BCUT2D eigenvalue weighted by Gasteiger charge is 2.13. The van der Waals surface area contributed by atoms with Crippen molar-refractivity contribution >= 4 is 22.7 Å². The minimum atomic E-state index is -0.146. The Balaban J connectivity index is 1.58. The van der Waals surface area contributed by atoms with Crippen LogP contribution in [0.3, 0.4) is 0 Å². The predicted molar refractivity (Wildman–Crippen MR) is 112 cm³/mol. The summed E-state index contributed by atoms with van der Waals surface area (Å²) >= 11 is 0. The fourth-order valence-electron chi connectivity index (χ4n) is 3.35. The number of hydrogen-bond donors (Lipinski definition) is 1. The first kappa shape index (κ1) is 18.0. The number of benzene rings is 3. The number of carbonyl (C=O) groups excluding carboxylic acids is 1. The van der Waals surface area contributed by atoms with Gasteiger partial charge in [0.1, 0.15) is 5.52 Å². The smallest absolute Gasteiger partial charge is 0.255 e. The van der Waals surface area contributed by atoms with Gasteiger partial charge in [-0.05, 0) is 48.2 Å². The van der Waals surface area contributed by atoms with Gasteiger partial charge in [0.15, 0.2) is 11.5 Å². The van der Waals surface area contributed by atoms with Crippen molar-refractivity contribution in [3.8, 4) is 0 Å². The standard InChI is InChI=1S/C24H22N2O2/c1-3-18-11-7-8-16(2)23(18)26-24(27)19-12-13-20-21(15-19)28-22(25-20)14-17-9-5-4-6-10-17/h4-13,15H,3,14H2,1-2H3,(H,26,27). The van der Waals surface area contributed by atoms with Crippen molar-refractivity contribution in [3.05, 3.63) is 94.9 Å². The first-order valence-electron chi connectivity index (χ1n) is 9.47. The number of amides is 1. The first-order chi connectivity index (χ1) is 13.6. The van der Waals surface area contributed by atoms with Gasteiger partial charge < -0.3 is 9.73 Å². The number of carbonyl (C=O) groups is 1. The fourth-order valence-corrected chi connectivity index (χ4v) is 3.35. The van der Waals surface area contributed by atoms with Gasteiger partial charge in [-0.2, -0.15) is 0 Å². The zero-order valence-corrected chi connectivity index (χ0v) is 16.0. The Kier molecular flexibility index (Phi) is 4.94. The number of nitrogens with one attached hydrogen (secondary N) is 1.